The van der Waals surface area contributed by atoms with E-state index in [0.29, 0.717) is 14.4 Å². The summed E-state index contributed by atoms with van der Waals surface area (Å²) in [7, 11) is 0. The van der Waals surface area contributed by atoms with Crippen molar-refractivity contribution in [3.63, 3.8) is 0 Å². The first-order chi connectivity index (χ1) is 8.90. The van der Waals surface area contributed by atoms with Gasteiger partial charge in [-0.2, -0.15) is 0 Å². The van der Waals surface area contributed by atoms with Gasteiger partial charge in [-0.25, -0.2) is 4.98 Å². The Labute approximate surface area is 138 Å². The third kappa shape index (κ3) is 3.20. The van der Waals surface area contributed by atoms with Crippen molar-refractivity contribution in [2.45, 2.75) is 19.8 Å². The summed E-state index contributed by atoms with van der Waals surface area (Å²) in [5, 5.41) is 0.632. The largest absolute Gasteiger partial charge is 0.306 e. The van der Waals surface area contributed by atoms with E-state index in [1.165, 1.54) is 0 Å². The Balaban J connectivity index is 2.66. The highest BCUT2D eigenvalue weighted by molar-refractivity contribution is 14.1. The summed E-state index contributed by atoms with van der Waals surface area (Å²) in [6.07, 6.45) is 0. The molecule has 100 valence electrons. The van der Waals surface area contributed by atoms with Gasteiger partial charge in [-0.15, -0.1) is 0 Å². The molecule has 0 aliphatic carbocycles. The fraction of sp³-hybridized carbons (Fsp3) is 0.231. The third-order valence-electron chi connectivity index (χ3n) is 2.62. The van der Waals surface area contributed by atoms with E-state index in [1.807, 2.05) is 42.5 Å². The molecule has 3 nitrogen and oxygen atoms in total. The summed E-state index contributed by atoms with van der Waals surface area (Å²) in [6.45, 7) is 4.04. The molecular formula is C13H11BrClIN2O. The van der Waals surface area contributed by atoms with Gasteiger partial charge in [0.05, 0.1) is 9.26 Å². The van der Waals surface area contributed by atoms with E-state index in [4.69, 9.17) is 11.6 Å². The van der Waals surface area contributed by atoms with E-state index >= 15 is 0 Å². The molecule has 0 saturated heterocycles. The van der Waals surface area contributed by atoms with Crippen LogP contribution in [0.15, 0.2) is 27.5 Å². The van der Waals surface area contributed by atoms with Crippen molar-refractivity contribution in [1.29, 1.82) is 0 Å². The predicted octanol–water partition coefficient (Wildman–Crippen LogP) is 4.58. The molecule has 0 spiro atoms. The van der Waals surface area contributed by atoms with Gasteiger partial charge in [0.25, 0.3) is 5.56 Å². The van der Waals surface area contributed by atoms with Crippen LogP contribution in [-0.4, -0.2) is 9.97 Å². The van der Waals surface area contributed by atoms with Crippen molar-refractivity contribution in [3.05, 3.63) is 47.3 Å². The second-order valence-corrected chi connectivity index (χ2v) is 6.76. The Bertz CT molecular complexity index is 685. The molecule has 1 N–H and O–H groups in total. The monoisotopic (exact) mass is 452 g/mol. The first-order valence-electron chi connectivity index (χ1n) is 5.65. The van der Waals surface area contributed by atoms with Gasteiger partial charge in [0.1, 0.15) is 5.82 Å². The fourth-order valence-corrected chi connectivity index (χ4v) is 3.42. The molecule has 0 atom stereocenters. The number of aromatic nitrogens is 2. The van der Waals surface area contributed by atoms with Gasteiger partial charge in [-0.05, 0) is 62.6 Å². The standard InChI is InChI=1S/C13H11BrClIN2O/c1-6(2)11-10(16)13(19)18-12(17-11)8-4-3-7(15)5-9(8)14/h3-6H,1-2H3,(H,17,18,19). The zero-order valence-electron chi connectivity index (χ0n) is 10.3. The second kappa shape index (κ2) is 5.93. The lowest BCUT2D eigenvalue weighted by molar-refractivity contribution is 0.802. The summed E-state index contributed by atoms with van der Waals surface area (Å²) >= 11 is 11.4. The summed E-state index contributed by atoms with van der Waals surface area (Å²) < 4.78 is 1.44. The van der Waals surface area contributed by atoms with Crippen LogP contribution < -0.4 is 5.56 Å². The van der Waals surface area contributed by atoms with Crippen LogP contribution in [-0.2, 0) is 0 Å². The fourth-order valence-electron chi connectivity index (χ4n) is 1.67. The van der Waals surface area contributed by atoms with Crippen molar-refractivity contribution < 1.29 is 0 Å². The Morgan fingerprint density at radius 2 is 2.11 bits per heavy atom. The van der Waals surface area contributed by atoms with Gasteiger partial charge >= 0.3 is 0 Å². The lowest BCUT2D eigenvalue weighted by Crippen LogP contribution is -2.17. The van der Waals surface area contributed by atoms with Crippen molar-refractivity contribution in [2.75, 3.05) is 0 Å². The lowest BCUT2D eigenvalue weighted by Gasteiger charge is -2.10. The molecule has 1 heterocycles. The van der Waals surface area contributed by atoms with Crippen molar-refractivity contribution in [1.82, 2.24) is 9.97 Å². The zero-order valence-corrected chi connectivity index (χ0v) is 14.8. The topological polar surface area (TPSA) is 45.8 Å². The number of benzene rings is 1. The molecule has 2 aromatic rings. The Hall–Kier alpha value is -0.400. The molecule has 19 heavy (non-hydrogen) atoms. The van der Waals surface area contributed by atoms with E-state index in [0.717, 1.165) is 15.7 Å². The molecule has 0 fully saturated rings. The number of hydrogen-bond donors (Lipinski definition) is 1. The van der Waals surface area contributed by atoms with Gasteiger partial charge in [0.2, 0.25) is 0 Å². The third-order valence-corrected chi connectivity index (χ3v) is 4.56. The summed E-state index contributed by atoms with van der Waals surface area (Å²) in [4.78, 5) is 19.3. The summed E-state index contributed by atoms with van der Waals surface area (Å²) in [5.74, 6) is 0.747. The van der Waals surface area contributed by atoms with Gasteiger partial charge in [-0.1, -0.05) is 25.4 Å². The lowest BCUT2D eigenvalue weighted by atomic mass is 10.1. The first-order valence-corrected chi connectivity index (χ1v) is 7.90. The van der Waals surface area contributed by atoms with Crippen LogP contribution in [0.4, 0.5) is 0 Å². The predicted molar refractivity (Wildman–Crippen MR) is 89.8 cm³/mol. The van der Waals surface area contributed by atoms with Crippen LogP contribution in [0.25, 0.3) is 11.4 Å². The van der Waals surface area contributed by atoms with Crippen molar-refractivity contribution >= 4 is 50.1 Å². The normalized spacial score (nSPS) is 11.1. The SMILES string of the molecule is CC(C)c1nc(-c2ccc(Cl)cc2Br)[nH]c(=O)c1I. The van der Waals surface area contributed by atoms with Gasteiger partial charge in [0.15, 0.2) is 0 Å². The molecule has 6 heteroatoms. The highest BCUT2D eigenvalue weighted by Gasteiger charge is 2.14. The first kappa shape index (κ1) is 15.0. The number of hydrogen-bond acceptors (Lipinski definition) is 2. The van der Waals surface area contributed by atoms with Gasteiger partial charge in [-0.3, -0.25) is 4.79 Å². The number of nitrogens with zero attached hydrogens (tertiary/aromatic N) is 1. The molecule has 0 bridgehead atoms. The van der Waals surface area contributed by atoms with E-state index in [2.05, 4.69) is 25.9 Å². The minimum Gasteiger partial charge on any atom is -0.306 e. The number of rotatable bonds is 2. The molecule has 0 aliphatic rings. The molecule has 0 saturated carbocycles. The quantitative estimate of drug-likeness (QED) is 0.677. The smallest absolute Gasteiger partial charge is 0.264 e. The summed E-state index contributed by atoms with van der Waals surface area (Å²) in [6, 6.07) is 5.39. The maximum absolute atomic E-state index is 12.0. The Kier molecular flexibility index (Phi) is 4.68. The minimum atomic E-state index is -0.115. The van der Waals surface area contributed by atoms with Crippen LogP contribution in [0.1, 0.15) is 25.5 Å². The molecule has 1 aromatic heterocycles. The average Bonchev–Trinajstić information content (AvgIpc) is 2.32. The Morgan fingerprint density at radius 3 is 2.68 bits per heavy atom. The van der Waals surface area contributed by atoms with Crippen LogP contribution in [0.2, 0.25) is 5.02 Å². The molecule has 2 rings (SSSR count). The van der Waals surface area contributed by atoms with Crippen molar-refractivity contribution in [2.24, 2.45) is 0 Å². The second-order valence-electron chi connectivity index (χ2n) is 4.39. The number of aromatic amines is 1. The summed E-state index contributed by atoms with van der Waals surface area (Å²) in [5.41, 5.74) is 1.51. The zero-order chi connectivity index (χ0) is 14.2. The number of H-pyrrole nitrogens is 1. The van der Waals surface area contributed by atoms with Crippen LogP contribution in [0.5, 0.6) is 0 Å². The minimum absolute atomic E-state index is 0.115. The molecule has 0 aliphatic heterocycles. The van der Waals surface area contributed by atoms with E-state index < -0.39 is 0 Å². The van der Waals surface area contributed by atoms with E-state index in [1.54, 1.807) is 12.1 Å². The Morgan fingerprint density at radius 1 is 1.42 bits per heavy atom. The molecule has 0 unspecified atom stereocenters. The molecule has 0 radical (unpaired) electrons. The molecular weight excluding hydrogens is 442 g/mol. The van der Waals surface area contributed by atoms with Gasteiger partial charge < -0.3 is 4.98 Å². The van der Waals surface area contributed by atoms with E-state index in [9.17, 15) is 4.79 Å². The van der Waals surface area contributed by atoms with Crippen LogP contribution in [0, 0.1) is 3.57 Å². The number of nitrogens with one attached hydrogen (secondary N) is 1. The molecule has 0 amide bonds. The average molecular weight is 454 g/mol. The maximum atomic E-state index is 12.0. The van der Waals surface area contributed by atoms with Crippen LogP contribution >= 0.6 is 50.1 Å². The molecule has 1 aromatic carbocycles. The number of halogens is 3. The van der Waals surface area contributed by atoms with Gasteiger partial charge in [0, 0.05) is 15.1 Å². The van der Waals surface area contributed by atoms with E-state index in [-0.39, 0.29) is 11.5 Å². The highest BCUT2D eigenvalue weighted by atomic mass is 127. The van der Waals surface area contributed by atoms with Crippen molar-refractivity contribution in [3.8, 4) is 11.4 Å². The highest BCUT2D eigenvalue weighted by Crippen LogP contribution is 2.29. The maximum Gasteiger partial charge on any atom is 0.264 e. The van der Waals surface area contributed by atoms with Crippen LogP contribution in [0.3, 0.4) is 0 Å².